The first-order valence-corrected chi connectivity index (χ1v) is 12.0. The van der Waals surface area contributed by atoms with Crippen LogP contribution in [0.5, 0.6) is 11.5 Å². The lowest BCUT2D eigenvalue weighted by atomic mass is 10.2. The van der Waals surface area contributed by atoms with Crippen LogP contribution in [0.1, 0.15) is 11.4 Å². The number of amides is 1. The number of benzene rings is 3. The predicted molar refractivity (Wildman–Crippen MR) is 141 cm³/mol. The standard InChI is InChI=1S/C26H18FN3O4S2/c1-33-21-12-15(13-22-24(31)29-26(35)36-22)6-11-20(21)34-14-23-28-19-5-3-2-4-18(19)25(32)30(23)17-9-7-16(27)8-10-17/h2-13H,14H2,1H3,(H,29,31,35). The van der Waals surface area contributed by atoms with Crippen LogP contribution in [-0.2, 0) is 11.4 Å². The summed E-state index contributed by atoms with van der Waals surface area (Å²) in [6.45, 7) is -0.0548. The highest BCUT2D eigenvalue weighted by atomic mass is 32.2. The first-order valence-electron chi connectivity index (χ1n) is 10.8. The fourth-order valence-electron chi connectivity index (χ4n) is 3.74. The number of nitrogens with zero attached hydrogens (tertiary/aromatic N) is 2. The van der Waals surface area contributed by atoms with Crippen molar-refractivity contribution in [2.45, 2.75) is 6.61 Å². The Kier molecular flexibility index (Phi) is 6.53. The third kappa shape index (κ3) is 4.73. The maximum absolute atomic E-state index is 13.5. The molecule has 0 unspecified atom stereocenters. The minimum Gasteiger partial charge on any atom is -0.493 e. The molecule has 0 bridgehead atoms. The normalized spacial score (nSPS) is 14.3. The average Bonchev–Trinajstić information content (AvgIpc) is 3.20. The second kappa shape index (κ2) is 9.92. The minimum absolute atomic E-state index is 0.0548. The Hall–Kier alpha value is -4.02. The largest absolute Gasteiger partial charge is 0.493 e. The summed E-state index contributed by atoms with van der Waals surface area (Å²) in [6, 6.07) is 17.8. The number of hydrogen-bond acceptors (Lipinski definition) is 7. The molecule has 10 heteroatoms. The molecule has 1 saturated heterocycles. The molecule has 180 valence electrons. The van der Waals surface area contributed by atoms with Crippen LogP contribution in [0.3, 0.4) is 0 Å². The summed E-state index contributed by atoms with van der Waals surface area (Å²) in [5.74, 6) is 0.545. The highest BCUT2D eigenvalue weighted by Gasteiger charge is 2.22. The van der Waals surface area contributed by atoms with Crippen LogP contribution in [-0.4, -0.2) is 26.9 Å². The van der Waals surface area contributed by atoms with Gasteiger partial charge >= 0.3 is 0 Å². The number of thiocarbonyl (C=S) groups is 1. The quantitative estimate of drug-likeness (QED) is 0.295. The maximum Gasteiger partial charge on any atom is 0.266 e. The van der Waals surface area contributed by atoms with Gasteiger partial charge in [-0.05, 0) is 60.2 Å². The fraction of sp³-hybridized carbons (Fsp3) is 0.0769. The minimum atomic E-state index is -0.409. The lowest BCUT2D eigenvalue weighted by Gasteiger charge is -2.16. The van der Waals surface area contributed by atoms with Crippen LogP contribution < -0.4 is 20.3 Å². The average molecular weight is 520 g/mol. The molecule has 3 aromatic carbocycles. The summed E-state index contributed by atoms with van der Waals surface area (Å²) < 4.78 is 26.9. The molecule has 0 radical (unpaired) electrons. The van der Waals surface area contributed by atoms with Crippen molar-refractivity contribution in [3.63, 3.8) is 0 Å². The maximum atomic E-state index is 13.5. The Morgan fingerprint density at radius 2 is 1.86 bits per heavy atom. The van der Waals surface area contributed by atoms with Gasteiger partial charge in [-0.25, -0.2) is 9.37 Å². The zero-order valence-electron chi connectivity index (χ0n) is 18.9. The number of thioether (sulfide) groups is 1. The molecule has 36 heavy (non-hydrogen) atoms. The van der Waals surface area contributed by atoms with Gasteiger partial charge in [-0.3, -0.25) is 14.2 Å². The lowest BCUT2D eigenvalue weighted by Crippen LogP contribution is -2.25. The van der Waals surface area contributed by atoms with Crippen LogP contribution >= 0.6 is 24.0 Å². The van der Waals surface area contributed by atoms with Crippen molar-refractivity contribution >= 4 is 51.2 Å². The number of methoxy groups -OCH3 is 1. The van der Waals surface area contributed by atoms with E-state index in [1.165, 1.54) is 47.7 Å². The smallest absolute Gasteiger partial charge is 0.266 e. The number of carbonyl (C=O) groups is 1. The van der Waals surface area contributed by atoms with Gasteiger partial charge in [0.1, 0.15) is 16.7 Å². The van der Waals surface area contributed by atoms with Gasteiger partial charge in [0, 0.05) is 0 Å². The molecule has 1 N–H and O–H groups in total. The molecule has 4 aromatic rings. The molecule has 1 aromatic heterocycles. The summed E-state index contributed by atoms with van der Waals surface area (Å²) in [4.78, 5) is 30.4. The summed E-state index contributed by atoms with van der Waals surface area (Å²) in [6.07, 6.45) is 1.71. The first-order chi connectivity index (χ1) is 17.4. The number of nitrogens with one attached hydrogen (secondary N) is 1. The fourth-order valence-corrected chi connectivity index (χ4v) is 4.78. The third-order valence-corrected chi connectivity index (χ3v) is 6.58. The topological polar surface area (TPSA) is 82.5 Å². The van der Waals surface area contributed by atoms with Crippen molar-refractivity contribution in [2.75, 3.05) is 7.11 Å². The van der Waals surface area contributed by atoms with Crippen molar-refractivity contribution in [3.05, 3.63) is 99.2 Å². The van der Waals surface area contributed by atoms with Crippen molar-refractivity contribution in [3.8, 4) is 17.2 Å². The number of hydrogen-bond donors (Lipinski definition) is 1. The van der Waals surface area contributed by atoms with E-state index < -0.39 is 5.82 Å². The second-order valence-corrected chi connectivity index (χ2v) is 9.43. The Morgan fingerprint density at radius 3 is 2.58 bits per heavy atom. The van der Waals surface area contributed by atoms with E-state index in [4.69, 9.17) is 21.7 Å². The molecule has 1 aliphatic heterocycles. The lowest BCUT2D eigenvalue weighted by molar-refractivity contribution is -0.115. The zero-order valence-corrected chi connectivity index (χ0v) is 20.5. The van der Waals surface area contributed by atoms with Gasteiger partial charge in [-0.2, -0.15) is 0 Å². The number of rotatable bonds is 6. The Labute approximate surface area is 214 Å². The Balaban J connectivity index is 1.49. The van der Waals surface area contributed by atoms with E-state index >= 15 is 0 Å². The Morgan fingerprint density at radius 1 is 1.08 bits per heavy atom. The van der Waals surface area contributed by atoms with E-state index in [0.29, 0.717) is 43.1 Å². The number of aromatic nitrogens is 2. The van der Waals surface area contributed by atoms with Crippen molar-refractivity contribution < 1.29 is 18.7 Å². The summed E-state index contributed by atoms with van der Waals surface area (Å²) in [7, 11) is 1.51. The molecule has 2 heterocycles. The first kappa shape index (κ1) is 23.7. The van der Waals surface area contributed by atoms with Gasteiger partial charge in [0.05, 0.1) is 28.6 Å². The summed E-state index contributed by atoms with van der Waals surface area (Å²) >= 11 is 6.22. The monoisotopic (exact) mass is 519 g/mol. The molecular formula is C26H18FN3O4S2. The number of ether oxygens (including phenoxy) is 2. The molecule has 1 fully saturated rings. The van der Waals surface area contributed by atoms with E-state index in [1.807, 2.05) is 0 Å². The summed E-state index contributed by atoms with van der Waals surface area (Å²) in [5, 5.41) is 3.02. The molecule has 0 saturated carbocycles. The van der Waals surface area contributed by atoms with Gasteiger partial charge in [-0.15, -0.1) is 0 Å². The third-order valence-electron chi connectivity index (χ3n) is 5.41. The van der Waals surface area contributed by atoms with E-state index in [2.05, 4.69) is 10.3 Å². The number of fused-ring (bicyclic) bond motifs is 1. The van der Waals surface area contributed by atoms with Crippen molar-refractivity contribution in [2.24, 2.45) is 0 Å². The molecule has 7 nitrogen and oxygen atoms in total. The summed E-state index contributed by atoms with van der Waals surface area (Å²) in [5.41, 5.74) is 1.44. The zero-order chi connectivity index (χ0) is 25.2. The van der Waals surface area contributed by atoms with E-state index in [1.54, 1.807) is 48.5 Å². The molecule has 5 rings (SSSR count). The van der Waals surface area contributed by atoms with E-state index in [9.17, 15) is 14.0 Å². The number of halogens is 1. The number of para-hydroxylation sites is 1. The highest BCUT2D eigenvalue weighted by molar-refractivity contribution is 8.26. The Bertz CT molecular complexity index is 1600. The number of carbonyl (C=O) groups excluding carboxylic acids is 1. The molecule has 1 aliphatic rings. The van der Waals surface area contributed by atoms with Gasteiger partial charge in [0.25, 0.3) is 11.5 Å². The molecule has 0 aliphatic carbocycles. The van der Waals surface area contributed by atoms with Gasteiger partial charge in [0.15, 0.2) is 17.3 Å². The van der Waals surface area contributed by atoms with Crippen LogP contribution in [0.2, 0.25) is 0 Å². The van der Waals surface area contributed by atoms with Crippen LogP contribution in [0, 0.1) is 5.82 Å². The molecular weight excluding hydrogens is 501 g/mol. The van der Waals surface area contributed by atoms with Crippen LogP contribution in [0.4, 0.5) is 4.39 Å². The van der Waals surface area contributed by atoms with E-state index in [0.717, 1.165) is 5.56 Å². The van der Waals surface area contributed by atoms with Gasteiger partial charge in [0.2, 0.25) is 0 Å². The second-order valence-electron chi connectivity index (χ2n) is 7.71. The predicted octanol–water partition coefficient (Wildman–Crippen LogP) is 4.60. The molecule has 0 spiro atoms. The van der Waals surface area contributed by atoms with Crippen molar-refractivity contribution in [1.29, 1.82) is 0 Å². The SMILES string of the molecule is COc1cc(C=C2SC(=S)NC2=O)ccc1OCc1nc2ccccc2c(=O)n1-c1ccc(F)cc1. The van der Waals surface area contributed by atoms with Gasteiger partial charge < -0.3 is 14.8 Å². The van der Waals surface area contributed by atoms with Crippen LogP contribution in [0.15, 0.2) is 76.4 Å². The van der Waals surface area contributed by atoms with Gasteiger partial charge in [-0.1, -0.05) is 42.2 Å². The van der Waals surface area contributed by atoms with Crippen molar-refractivity contribution in [1.82, 2.24) is 14.9 Å². The molecule has 0 atom stereocenters. The van der Waals surface area contributed by atoms with Crippen LogP contribution in [0.25, 0.3) is 22.7 Å². The molecule has 1 amide bonds. The highest BCUT2D eigenvalue weighted by Crippen LogP contribution is 2.32. The van der Waals surface area contributed by atoms with E-state index in [-0.39, 0.29) is 18.1 Å².